The average Bonchev–Trinajstić information content (AvgIpc) is 2.71. The normalized spacial score (nSPS) is 15.2. The molecule has 0 aliphatic rings. The minimum atomic E-state index is -2.40. The van der Waals surface area contributed by atoms with Gasteiger partial charge in [-0.1, -0.05) is 6.92 Å². The largest absolute Gasteiger partial charge is 0.375 e. The Bertz CT molecular complexity index is 331. The van der Waals surface area contributed by atoms with E-state index >= 15 is 0 Å². The smallest absolute Gasteiger partial charge is 0.261 e. The average molecular weight is 264 g/mol. The van der Waals surface area contributed by atoms with Gasteiger partial charge in [0.25, 0.3) is 6.43 Å². The van der Waals surface area contributed by atoms with E-state index in [2.05, 4.69) is 4.98 Å². The highest BCUT2D eigenvalue weighted by Gasteiger charge is 2.13. The van der Waals surface area contributed by atoms with Crippen molar-refractivity contribution in [1.29, 1.82) is 0 Å². The first kappa shape index (κ1) is 14.5. The van der Waals surface area contributed by atoms with Gasteiger partial charge in [0.05, 0.1) is 17.3 Å². The van der Waals surface area contributed by atoms with Crippen molar-refractivity contribution in [1.82, 2.24) is 4.98 Å². The maximum absolute atomic E-state index is 11.8. The molecule has 1 rings (SSSR count). The molecule has 2 unspecified atom stereocenters. The molecule has 98 valence electrons. The molecule has 2 atom stereocenters. The van der Waals surface area contributed by atoms with Gasteiger partial charge in [0.1, 0.15) is 6.61 Å². The highest BCUT2D eigenvalue weighted by molar-refractivity contribution is 7.09. The summed E-state index contributed by atoms with van der Waals surface area (Å²) >= 11 is 1.52. The van der Waals surface area contributed by atoms with Crippen molar-refractivity contribution in [3.8, 4) is 0 Å². The zero-order valence-corrected chi connectivity index (χ0v) is 10.8. The van der Waals surface area contributed by atoms with E-state index in [4.69, 9.17) is 10.5 Å². The molecule has 0 amide bonds. The molecule has 6 heteroatoms. The van der Waals surface area contributed by atoms with Gasteiger partial charge < -0.3 is 10.5 Å². The van der Waals surface area contributed by atoms with E-state index in [1.54, 1.807) is 0 Å². The molecular formula is C11H18F2N2OS. The van der Waals surface area contributed by atoms with Crippen LogP contribution in [0.15, 0.2) is 5.38 Å². The number of alkyl halides is 2. The van der Waals surface area contributed by atoms with Crippen LogP contribution in [0.1, 0.15) is 30.5 Å². The van der Waals surface area contributed by atoms with Crippen molar-refractivity contribution in [3.63, 3.8) is 0 Å². The van der Waals surface area contributed by atoms with Crippen molar-refractivity contribution in [2.24, 2.45) is 5.73 Å². The highest BCUT2D eigenvalue weighted by atomic mass is 32.1. The fourth-order valence-corrected chi connectivity index (χ4v) is 2.13. The third-order valence-electron chi connectivity index (χ3n) is 2.53. The standard InChI is InChI=1S/C11H18F2N2OS/c1-7(8(2)14)9-6-17-11(15-9)3-4-16-5-10(12)13/h6-8,10H,3-5,14H2,1-2H3. The van der Waals surface area contributed by atoms with Gasteiger partial charge in [-0.05, 0) is 6.92 Å². The summed E-state index contributed by atoms with van der Waals surface area (Å²) in [6, 6.07) is 0.0556. The van der Waals surface area contributed by atoms with Crippen LogP contribution in [0.25, 0.3) is 0 Å². The Kier molecular flexibility index (Phi) is 5.94. The number of rotatable bonds is 7. The first-order valence-electron chi connectivity index (χ1n) is 5.56. The van der Waals surface area contributed by atoms with Crippen LogP contribution in [-0.2, 0) is 11.2 Å². The number of halogens is 2. The van der Waals surface area contributed by atoms with Gasteiger partial charge in [-0.15, -0.1) is 11.3 Å². The number of aromatic nitrogens is 1. The Morgan fingerprint density at radius 1 is 1.47 bits per heavy atom. The van der Waals surface area contributed by atoms with Crippen molar-refractivity contribution in [2.75, 3.05) is 13.2 Å². The topological polar surface area (TPSA) is 48.1 Å². The Morgan fingerprint density at radius 2 is 2.18 bits per heavy atom. The second-order valence-corrected chi connectivity index (χ2v) is 4.97. The molecule has 0 fully saturated rings. The molecule has 2 N–H and O–H groups in total. The molecule has 3 nitrogen and oxygen atoms in total. The monoisotopic (exact) mass is 264 g/mol. The zero-order chi connectivity index (χ0) is 12.8. The lowest BCUT2D eigenvalue weighted by Gasteiger charge is -2.12. The molecule has 0 bridgehead atoms. The summed E-state index contributed by atoms with van der Waals surface area (Å²) < 4.78 is 28.4. The molecule has 0 spiro atoms. The van der Waals surface area contributed by atoms with Gasteiger partial charge in [-0.25, -0.2) is 13.8 Å². The van der Waals surface area contributed by atoms with E-state index < -0.39 is 13.0 Å². The van der Waals surface area contributed by atoms with Crippen molar-refractivity contribution in [3.05, 3.63) is 16.1 Å². The van der Waals surface area contributed by atoms with E-state index in [0.29, 0.717) is 6.42 Å². The molecular weight excluding hydrogens is 246 g/mol. The molecule has 0 aliphatic heterocycles. The number of thiazole rings is 1. The summed E-state index contributed by atoms with van der Waals surface area (Å²) in [5.41, 5.74) is 6.76. The van der Waals surface area contributed by atoms with Crippen molar-refractivity contribution < 1.29 is 13.5 Å². The van der Waals surface area contributed by atoms with E-state index in [0.717, 1.165) is 10.7 Å². The second kappa shape index (κ2) is 6.98. The fraction of sp³-hybridized carbons (Fsp3) is 0.727. The van der Waals surface area contributed by atoms with Gasteiger partial charge >= 0.3 is 0 Å². The highest BCUT2D eigenvalue weighted by Crippen LogP contribution is 2.20. The number of hydrogen-bond acceptors (Lipinski definition) is 4. The molecule has 0 aromatic carbocycles. The van der Waals surface area contributed by atoms with Gasteiger partial charge in [-0.3, -0.25) is 0 Å². The lowest BCUT2D eigenvalue weighted by atomic mass is 10.0. The van der Waals surface area contributed by atoms with Gasteiger partial charge in [0.2, 0.25) is 0 Å². The molecule has 0 saturated heterocycles. The fourth-order valence-electron chi connectivity index (χ4n) is 1.25. The lowest BCUT2D eigenvalue weighted by molar-refractivity contribution is 0.0187. The summed E-state index contributed by atoms with van der Waals surface area (Å²) in [5, 5.41) is 2.87. The summed E-state index contributed by atoms with van der Waals surface area (Å²) in [6.45, 7) is 3.74. The molecule has 1 aromatic rings. The third-order valence-corrected chi connectivity index (χ3v) is 3.46. The van der Waals surface area contributed by atoms with E-state index in [-0.39, 0.29) is 18.6 Å². The molecule has 0 aliphatic carbocycles. The number of ether oxygens (including phenoxy) is 1. The Balaban J connectivity index is 2.36. The maximum Gasteiger partial charge on any atom is 0.261 e. The number of hydrogen-bond donors (Lipinski definition) is 1. The predicted molar refractivity (Wildman–Crippen MR) is 64.7 cm³/mol. The Labute approximate surface area is 104 Å². The summed E-state index contributed by atoms with van der Waals surface area (Å²) in [4.78, 5) is 4.42. The predicted octanol–water partition coefficient (Wildman–Crippen LogP) is 2.42. The minimum absolute atomic E-state index is 0.0556. The number of nitrogens with two attached hydrogens (primary N) is 1. The maximum atomic E-state index is 11.8. The molecule has 0 radical (unpaired) electrons. The van der Waals surface area contributed by atoms with E-state index in [9.17, 15) is 8.78 Å². The van der Waals surface area contributed by atoms with Crippen LogP contribution in [0.3, 0.4) is 0 Å². The summed E-state index contributed by atoms with van der Waals surface area (Å²) in [6.07, 6.45) is -1.83. The first-order chi connectivity index (χ1) is 8.00. The van der Waals surface area contributed by atoms with Crippen LogP contribution in [-0.4, -0.2) is 30.7 Å². The Morgan fingerprint density at radius 3 is 2.76 bits per heavy atom. The van der Waals surface area contributed by atoms with Crippen molar-refractivity contribution >= 4 is 11.3 Å². The molecule has 0 saturated carbocycles. The third kappa shape index (κ3) is 5.06. The lowest BCUT2D eigenvalue weighted by Crippen LogP contribution is -2.22. The second-order valence-electron chi connectivity index (χ2n) is 4.03. The number of nitrogens with zero attached hydrogens (tertiary/aromatic N) is 1. The Hall–Kier alpha value is -0.590. The molecule has 1 heterocycles. The SMILES string of the molecule is CC(N)C(C)c1csc(CCOCC(F)F)n1. The van der Waals surface area contributed by atoms with Crippen LogP contribution in [0.4, 0.5) is 8.78 Å². The molecule has 1 aromatic heterocycles. The van der Waals surface area contributed by atoms with Gasteiger partial charge in [0.15, 0.2) is 0 Å². The first-order valence-corrected chi connectivity index (χ1v) is 6.44. The zero-order valence-electron chi connectivity index (χ0n) is 10.0. The summed E-state index contributed by atoms with van der Waals surface area (Å²) in [5.74, 6) is 0.210. The van der Waals surface area contributed by atoms with Crippen molar-refractivity contribution in [2.45, 2.75) is 38.7 Å². The molecule has 17 heavy (non-hydrogen) atoms. The van der Waals surface area contributed by atoms with Crippen LogP contribution < -0.4 is 5.73 Å². The van der Waals surface area contributed by atoms with Gasteiger partial charge in [-0.2, -0.15) is 0 Å². The van der Waals surface area contributed by atoms with Crippen LogP contribution in [0.5, 0.6) is 0 Å². The van der Waals surface area contributed by atoms with Gasteiger partial charge in [0, 0.05) is 23.8 Å². The summed E-state index contributed by atoms with van der Waals surface area (Å²) in [7, 11) is 0. The minimum Gasteiger partial charge on any atom is -0.375 e. The van der Waals surface area contributed by atoms with Crippen LogP contribution in [0, 0.1) is 0 Å². The van der Waals surface area contributed by atoms with Crippen LogP contribution >= 0.6 is 11.3 Å². The van der Waals surface area contributed by atoms with E-state index in [1.807, 2.05) is 19.2 Å². The quantitative estimate of drug-likeness (QED) is 0.769. The van der Waals surface area contributed by atoms with E-state index in [1.165, 1.54) is 11.3 Å². The van der Waals surface area contributed by atoms with Crippen LogP contribution in [0.2, 0.25) is 0 Å².